The van der Waals surface area contributed by atoms with Crippen molar-refractivity contribution >= 4 is 44.8 Å². The minimum atomic E-state index is -0.434. The van der Waals surface area contributed by atoms with Crippen molar-refractivity contribution in [1.82, 2.24) is 4.90 Å². The maximum absolute atomic E-state index is 12.8. The number of para-hydroxylation sites is 1. The molecule has 0 spiro atoms. The Labute approximate surface area is 176 Å². The summed E-state index contributed by atoms with van der Waals surface area (Å²) in [6.45, 7) is 4.28. The van der Waals surface area contributed by atoms with E-state index in [-0.39, 0.29) is 11.6 Å². The molecule has 1 heterocycles. The highest BCUT2D eigenvalue weighted by Gasteiger charge is 2.28. The van der Waals surface area contributed by atoms with E-state index in [9.17, 15) is 14.9 Å². The van der Waals surface area contributed by atoms with E-state index in [4.69, 9.17) is 16.3 Å². The maximum Gasteiger partial charge on any atom is 0.294 e. The minimum absolute atomic E-state index is 0.0253. The van der Waals surface area contributed by atoms with E-state index in [0.717, 1.165) is 4.47 Å². The third-order valence-electron chi connectivity index (χ3n) is 4.52. The minimum Gasteiger partial charge on any atom is -0.493 e. The van der Waals surface area contributed by atoms with Gasteiger partial charge in [0.05, 0.1) is 21.0 Å². The highest BCUT2D eigenvalue weighted by molar-refractivity contribution is 9.10. The summed E-state index contributed by atoms with van der Waals surface area (Å²) in [6, 6.07) is 9.90. The average Bonchev–Trinajstić information content (AvgIpc) is 2.69. The quantitative estimate of drug-likeness (QED) is 0.481. The van der Waals surface area contributed by atoms with E-state index in [2.05, 4.69) is 15.9 Å². The molecule has 0 aromatic heterocycles. The van der Waals surface area contributed by atoms with Gasteiger partial charge in [-0.3, -0.25) is 14.9 Å². The first-order chi connectivity index (χ1) is 13.4. The molecule has 3 rings (SSSR count). The van der Waals surface area contributed by atoms with Crippen LogP contribution in [-0.4, -0.2) is 48.5 Å². The third-order valence-corrected chi connectivity index (χ3v) is 5.45. The first-order valence-electron chi connectivity index (χ1n) is 8.81. The normalized spacial score (nSPS) is 14.1. The number of nitro groups is 1. The summed E-state index contributed by atoms with van der Waals surface area (Å²) in [5.41, 5.74) is 0.945. The predicted octanol–water partition coefficient (Wildman–Crippen LogP) is 4.37. The van der Waals surface area contributed by atoms with Gasteiger partial charge in [-0.1, -0.05) is 17.7 Å². The number of carbonyl (C=O) groups is 1. The molecule has 0 saturated carbocycles. The standard InChI is InChI=1S/C19H19BrClN3O4/c1-2-28-17-7-6-13(12-14(17)20)19(25)23-10-8-22(9-11-23)18-15(21)4-3-5-16(18)24(26)27/h3-7,12H,2,8-11H2,1H3. The molecule has 7 nitrogen and oxygen atoms in total. The van der Waals surface area contributed by atoms with Crippen molar-refractivity contribution in [2.24, 2.45) is 0 Å². The van der Waals surface area contributed by atoms with Gasteiger partial charge < -0.3 is 14.5 Å². The van der Waals surface area contributed by atoms with Crippen molar-refractivity contribution in [1.29, 1.82) is 0 Å². The molecule has 0 aliphatic carbocycles. The van der Waals surface area contributed by atoms with Crippen molar-refractivity contribution in [3.63, 3.8) is 0 Å². The summed E-state index contributed by atoms with van der Waals surface area (Å²) in [6.07, 6.45) is 0. The van der Waals surface area contributed by atoms with E-state index in [1.54, 1.807) is 35.2 Å². The highest BCUT2D eigenvalue weighted by atomic mass is 79.9. The monoisotopic (exact) mass is 467 g/mol. The lowest BCUT2D eigenvalue weighted by Gasteiger charge is -2.36. The average molecular weight is 469 g/mol. The van der Waals surface area contributed by atoms with Gasteiger partial charge in [0.25, 0.3) is 11.6 Å². The Morgan fingerprint density at radius 3 is 2.57 bits per heavy atom. The van der Waals surface area contributed by atoms with Gasteiger partial charge in [-0.15, -0.1) is 0 Å². The van der Waals surface area contributed by atoms with Gasteiger partial charge in [0.15, 0.2) is 0 Å². The lowest BCUT2D eigenvalue weighted by Crippen LogP contribution is -2.49. The lowest BCUT2D eigenvalue weighted by atomic mass is 10.1. The van der Waals surface area contributed by atoms with Gasteiger partial charge in [0.1, 0.15) is 11.4 Å². The molecule has 0 atom stereocenters. The second kappa shape index (κ2) is 8.79. The van der Waals surface area contributed by atoms with Crippen LogP contribution < -0.4 is 9.64 Å². The number of hydrogen-bond donors (Lipinski definition) is 0. The van der Waals surface area contributed by atoms with Gasteiger partial charge in [0, 0.05) is 37.8 Å². The van der Waals surface area contributed by atoms with Gasteiger partial charge in [0.2, 0.25) is 0 Å². The molecule has 1 aliphatic heterocycles. The van der Waals surface area contributed by atoms with Crippen LogP contribution in [-0.2, 0) is 0 Å². The molecule has 1 aliphatic rings. The van der Waals surface area contributed by atoms with Crippen LogP contribution in [0.3, 0.4) is 0 Å². The molecule has 0 N–H and O–H groups in total. The van der Waals surface area contributed by atoms with Crippen LogP contribution in [0.15, 0.2) is 40.9 Å². The number of nitrogens with zero attached hydrogens (tertiary/aromatic N) is 3. The zero-order valence-electron chi connectivity index (χ0n) is 15.2. The fourth-order valence-electron chi connectivity index (χ4n) is 3.19. The molecule has 2 aromatic rings. The topological polar surface area (TPSA) is 75.9 Å². The summed E-state index contributed by atoms with van der Waals surface area (Å²) in [5, 5.41) is 11.7. The Morgan fingerprint density at radius 2 is 1.96 bits per heavy atom. The van der Waals surface area contributed by atoms with Crippen molar-refractivity contribution in [2.75, 3.05) is 37.7 Å². The summed E-state index contributed by atoms with van der Waals surface area (Å²) >= 11 is 9.64. The first-order valence-corrected chi connectivity index (χ1v) is 9.99. The van der Waals surface area contributed by atoms with Crippen molar-refractivity contribution in [2.45, 2.75) is 6.92 Å². The molecule has 1 amide bonds. The Balaban J connectivity index is 1.72. The smallest absolute Gasteiger partial charge is 0.294 e. The zero-order valence-corrected chi connectivity index (χ0v) is 17.6. The fraction of sp³-hybridized carbons (Fsp3) is 0.316. The van der Waals surface area contributed by atoms with Crippen LogP contribution in [0.25, 0.3) is 0 Å². The zero-order chi connectivity index (χ0) is 20.3. The second-order valence-electron chi connectivity index (χ2n) is 6.22. The van der Waals surface area contributed by atoms with Crippen molar-refractivity contribution < 1.29 is 14.5 Å². The molecule has 1 saturated heterocycles. The van der Waals surface area contributed by atoms with Crippen molar-refractivity contribution in [3.05, 3.63) is 61.6 Å². The van der Waals surface area contributed by atoms with Crippen LogP contribution in [0.4, 0.5) is 11.4 Å². The molecular weight excluding hydrogens is 450 g/mol. The predicted molar refractivity (Wildman–Crippen MR) is 112 cm³/mol. The number of amides is 1. The van der Waals surface area contributed by atoms with Crippen LogP contribution >= 0.6 is 27.5 Å². The Morgan fingerprint density at radius 1 is 1.25 bits per heavy atom. The van der Waals surface area contributed by atoms with E-state index in [0.29, 0.717) is 54.8 Å². The summed E-state index contributed by atoms with van der Waals surface area (Å²) in [7, 11) is 0. The van der Waals surface area contributed by atoms with Gasteiger partial charge >= 0.3 is 0 Å². The number of nitro benzene ring substituents is 1. The van der Waals surface area contributed by atoms with E-state index in [1.165, 1.54) is 6.07 Å². The first kappa shape index (κ1) is 20.4. The Kier molecular flexibility index (Phi) is 6.41. The van der Waals surface area contributed by atoms with Crippen LogP contribution in [0.1, 0.15) is 17.3 Å². The summed E-state index contributed by atoms with van der Waals surface area (Å²) in [5.74, 6) is 0.604. The van der Waals surface area contributed by atoms with E-state index in [1.807, 2.05) is 11.8 Å². The molecule has 1 fully saturated rings. The molecular formula is C19H19BrClN3O4. The molecule has 0 radical (unpaired) electrons. The molecule has 0 unspecified atom stereocenters. The number of piperazine rings is 1. The molecule has 148 valence electrons. The SMILES string of the molecule is CCOc1ccc(C(=O)N2CCN(c3c(Cl)cccc3[N+](=O)[O-])CC2)cc1Br. The molecule has 0 bridgehead atoms. The molecule has 2 aromatic carbocycles. The number of anilines is 1. The highest BCUT2D eigenvalue weighted by Crippen LogP contribution is 2.36. The summed E-state index contributed by atoms with van der Waals surface area (Å²) in [4.78, 5) is 27.3. The van der Waals surface area contributed by atoms with Crippen LogP contribution in [0, 0.1) is 10.1 Å². The van der Waals surface area contributed by atoms with E-state index < -0.39 is 4.92 Å². The number of hydrogen-bond acceptors (Lipinski definition) is 5. The van der Waals surface area contributed by atoms with Crippen LogP contribution in [0.2, 0.25) is 5.02 Å². The number of halogens is 2. The molecule has 9 heteroatoms. The number of ether oxygens (including phenoxy) is 1. The number of benzene rings is 2. The Hall–Kier alpha value is -2.32. The van der Waals surface area contributed by atoms with Crippen molar-refractivity contribution in [3.8, 4) is 5.75 Å². The second-order valence-corrected chi connectivity index (χ2v) is 7.48. The number of carbonyl (C=O) groups excluding carboxylic acids is 1. The lowest BCUT2D eigenvalue weighted by molar-refractivity contribution is -0.384. The van der Waals surface area contributed by atoms with Gasteiger partial charge in [-0.2, -0.15) is 0 Å². The van der Waals surface area contributed by atoms with Gasteiger partial charge in [-0.25, -0.2) is 0 Å². The van der Waals surface area contributed by atoms with Crippen LogP contribution in [0.5, 0.6) is 5.75 Å². The summed E-state index contributed by atoms with van der Waals surface area (Å²) < 4.78 is 6.20. The maximum atomic E-state index is 12.8. The van der Waals surface area contributed by atoms with E-state index >= 15 is 0 Å². The molecule has 28 heavy (non-hydrogen) atoms. The third kappa shape index (κ3) is 4.23. The van der Waals surface area contributed by atoms with Gasteiger partial charge in [-0.05, 0) is 47.1 Å². The Bertz CT molecular complexity index is 901. The fourth-order valence-corrected chi connectivity index (χ4v) is 3.97. The largest absolute Gasteiger partial charge is 0.493 e. The number of rotatable bonds is 5.